The summed E-state index contributed by atoms with van der Waals surface area (Å²) in [6, 6.07) is 8.96. The fourth-order valence-corrected chi connectivity index (χ4v) is 9.68. The second kappa shape index (κ2) is 14.9. The van der Waals surface area contributed by atoms with Crippen molar-refractivity contribution in [2.24, 2.45) is 5.41 Å². The van der Waals surface area contributed by atoms with E-state index < -0.39 is 35.5 Å². The maximum Gasteiger partial charge on any atom is 0.271 e. The molecule has 0 radical (unpaired) electrons. The van der Waals surface area contributed by atoms with Crippen LogP contribution in [0.5, 0.6) is 5.75 Å². The Bertz CT molecular complexity index is 2240. The molecule has 15 nitrogen and oxygen atoms in total. The lowest BCUT2D eigenvalue weighted by atomic mass is 9.60. The maximum atomic E-state index is 15.4. The number of rotatable bonds is 8. The fourth-order valence-electron chi connectivity index (χ4n) is 9.47. The van der Waals surface area contributed by atoms with Gasteiger partial charge in [0.1, 0.15) is 35.2 Å². The first-order valence-electron chi connectivity index (χ1n) is 19.8. The smallest absolute Gasteiger partial charge is 0.271 e. The minimum Gasteiger partial charge on any atom is -0.490 e. The number of hydrogen-bond acceptors (Lipinski definition) is 12. The minimum absolute atomic E-state index is 0.00537. The van der Waals surface area contributed by atoms with Crippen LogP contribution in [0.4, 0.5) is 15.9 Å². The van der Waals surface area contributed by atoms with Crippen LogP contribution in [-0.2, 0) is 9.59 Å². The molecule has 1 spiro atoms. The van der Waals surface area contributed by atoms with Gasteiger partial charge in [-0.2, -0.15) is 5.26 Å². The van der Waals surface area contributed by atoms with E-state index in [0.29, 0.717) is 35.5 Å². The number of nitrogens with zero attached hydrogens (tertiary/aromatic N) is 7. The number of carbonyl (C=O) groups excluding carboxylic acids is 5. The Morgan fingerprint density at radius 3 is 2.31 bits per heavy atom. The normalized spacial score (nSPS) is 24.5. The molecule has 58 heavy (non-hydrogen) atoms. The van der Waals surface area contributed by atoms with Gasteiger partial charge in [0.05, 0.1) is 45.9 Å². The number of fused-ring (bicyclic) bond motifs is 1. The van der Waals surface area contributed by atoms with Gasteiger partial charge < -0.3 is 19.9 Å². The number of piperidine rings is 1. The van der Waals surface area contributed by atoms with E-state index in [9.17, 15) is 24.0 Å². The fraction of sp³-hybridized carbons (Fsp3) is 0.463. The van der Waals surface area contributed by atoms with Gasteiger partial charge in [0.2, 0.25) is 11.8 Å². The van der Waals surface area contributed by atoms with Gasteiger partial charge >= 0.3 is 0 Å². The van der Waals surface area contributed by atoms with Crippen LogP contribution in [0.1, 0.15) is 88.1 Å². The van der Waals surface area contributed by atoms with E-state index in [1.807, 2.05) is 11.0 Å². The summed E-state index contributed by atoms with van der Waals surface area (Å²) in [6.07, 6.45) is 8.32. The molecule has 1 atom stereocenters. The van der Waals surface area contributed by atoms with Crippen LogP contribution in [-0.4, -0.2) is 113 Å². The van der Waals surface area contributed by atoms with Gasteiger partial charge in [-0.15, -0.1) is 0 Å². The molecular weight excluding hydrogens is 769 g/mol. The van der Waals surface area contributed by atoms with E-state index in [1.54, 1.807) is 24.4 Å². The summed E-state index contributed by atoms with van der Waals surface area (Å²) < 4.78 is 21.4. The molecule has 2 aliphatic carbocycles. The summed E-state index contributed by atoms with van der Waals surface area (Å²) in [4.78, 5) is 79.8. The molecule has 300 valence electrons. The summed E-state index contributed by atoms with van der Waals surface area (Å²) in [7, 11) is 0. The van der Waals surface area contributed by atoms with Crippen LogP contribution in [0.25, 0.3) is 0 Å². The number of imide groups is 2. The van der Waals surface area contributed by atoms with Crippen LogP contribution < -0.4 is 25.2 Å². The quantitative estimate of drug-likeness (QED) is 0.317. The predicted molar refractivity (Wildman–Crippen MR) is 207 cm³/mol. The molecule has 3 saturated heterocycles. The average Bonchev–Trinajstić information content (AvgIpc) is 3.42. The number of aromatic nitrogens is 2. The van der Waals surface area contributed by atoms with E-state index >= 15 is 4.39 Å². The second-order valence-electron chi connectivity index (χ2n) is 16.3. The lowest BCUT2D eigenvalue weighted by Crippen LogP contribution is -2.68. The first-order valence-corrected chi connectivity index (χ1v) is 20.1. The number of amides is 5. The number of hydrogen-bond donors (Lipinski definition) is 2. The monoisotopic (exact) mass is 809 g/mol. The van der Waals surface area contributed by atoms with Gasteiger partial charge in [0.15, 0.2) is 0 Å². The molecule has 0 bridgehead atoms. The van der Waals surface area contributed by atoms with E-state index in [0.717, 1.165) is 81.5 Å². The van der Waals surface area contributed by atoms with E-state index in [2.05, 4.69) is 30.4 Å². The number of nitrogens with one attached hydrogen (secondary N) is 2. The van der Waals surface area contributed by atoms with Gasteiger partial charge in [0, 0.05) is 69.3 Å². The number of nitriles is 1. The second-order valence-corrected chi connectivity index (χ2v) is 16.7. The number of halogens is 2. The Hall–Kier alpha value is -5.66. The zero-order valence-electron chi connectivity index (χ0n) is 31.6. The summed E-state index contributed by atoms with van der Waals surface area (Å²) in [6.45, 7) is 4.58. The topological polar surface area (TPSA) is 181 Å². The number of anilines is 2. The van der Waals surface area contributed by atoms with Crippen molar-refractivity contribution < 1.29 is 33.1 Å². The highest BCUT2D eigenvalue weighted by Gasteiger charge is 2.55. The first kappa shape index (κ1) is 37.9. The lowest BCUT2D eigenvalue weighted by molar-refractivity contribution is -0.136. The van der Waals surface area contributed by atoms with Gasteiger partial charge in [-0.05, 0) is 69.2 Å². The first-order chi connectivity index (χ1) is 28.0. The van der Waals surface area contributed by atoms with Gasteiger partial charge in [-0.1, -0.05) is 11.6 Å². The third kappa shape index (κ3) is 7.00. The molecule has 2 N–H and O–H groups in total. The molecule has 5 fully saturated rings. The molecule has 2 aromatic carbocycles. The Labute approximate surface area is 338 Å². The lowest BCUT2D eigenvalue weighted by Gasteiger charge is -2.62. The number of carbonyl (C=O) groups is 5. The van der Waals surface area contributed by atoms with Gasteiger partial charge in [0.25, 0.3) is 17.7 Å². The van der Waals surface area contributed by atoms with Crippen molar-refractivity contribution in [3.63, 3.8) is 0 Å². The van der Waals surface area contributed by atoms with Crippen molar-refractivity contribution in [3.05, 3.63) is 75.9 Å². The van der Waals surface area contributed by atoms with Gasteiger partial charge in [-0.25, -0.2) is 14.4 Å². The van der Waals surface area contributed by atoms with E-state index in [1.165, 1.54) is 12.3 Å². The summed E-state index contributed by atoms with van der Waals surface area (Å²) in [5, 5.41) is 14.7. The van der Waals surface area contributed by atoms with E-state index in [4.69, 9.17) is 21.6 Å². The highest BCUT2D eigenvalue weighted by molar-refractivity contribution is 6.31. The SMILES string of the molecule is N#Cc1ccc(O[C@H]2CC[C@H](NC(=O)c3cnc(N4CCN(C5CC6(C5)CN(c5cc7c(cc5F)C(=O)N(C5CCC(=O)NC5=O)C7=O)C6)CC4)cn3)CC2)cc1Cl. The van der Waals surface area contributed by atoms with Crippen LogP contribution >= 0.6 is 11.6 Å². The number of piperazine rings is 1. The molecule has 2 saturated carbocycles. The number of benzene rings is 2. The zero-order chi connectivity index (χ0) is 40.3. The highest BCUT2D eigenvalue weighted by atomic mass is 35.5. The Balaban J connectivity index is 0.712. The van der Waals surface area contributed by atoms with Crippen molar-refractivity contribution in [1.29, 1.82) is 5.26 Å². The largest absolute Gasteiger partial charge is 0.490 e. The Kier molecular flexibility index (Phi) is 9.76. The van der Waals surface area contributed by atoms with Crippen LogP contribution in [0, 0.1) is 22.6 Å². The molecule has 6 aliphatic rings. The average molecular weight is 810 g/mol. The van der Waals surface area contributed by atoms with Crippen molar-refractivity contribution in [2.75, 3.05) is 49.1 Å². The molecule has 9 rings (SSSR count). The Morgan fingerprint density at radius 1 is 0.931 bits per heavy atom. The predicted octanol–water partition coefficient (Wildman–Crippen LogP) is 3.45. The number of ether oxygens (including phenoxy) is 1. The molecule has 5 heterocycles. The van der Waals surface area contributed by atoms with Crippen LogP contribution in [0.3, 0.4) is 0 Å². The van der Waals surface area contributed by atoms with Crippen LogP contribution in [0.2, 0.25) is 5.02 Å². The summed E-state index contributed by atoms with van der Waals surface area (Å²) >= 11 is 6.14. The molecular formula is C41H41ClFN9O6. The van der Waals surface area contributed by atoms with Crippen molar-refractivity contribution in [2.45, 2.75) is 75.6 Å². The van der Waals surface area contributed by atoms with Crippen molar-refractivity contribution >= 4 is 52.6 Å². The minimum atomic E-state index is -1.10. The van der Waals surface area contributed by atoms with Gasteiger partial charge in [-0.3, -0.25) is 39.1 Å². The zero-order valence-corrected chi connectivity index (χ0v) is 32.3. The van der Waals surface area contributed by atoms with Crippen molar-refractivity contribution in [3.8, 4) is 11.8 Å². The molecule has 5 amide bonds. The molecule has 1 unspecified atom stereocenters. The van der Waals surface area contributed by atoms with Crippen LogP contribution in [0.15, 0.2) is 42.7 Å². The molecule has 17 heteroatoms. The maximum absolute atomic E-state index is 15.4. The summed E-state index contributed by atoms with van der Waals surface area (Å²) in [5.41, 5.74) is 1.04. The molecule has 3 aromatic rings. The molecule has 1 aromatic heterocycles. The Morgan fingerprint density at radius 2 is 1.66 bits per heavy atom. The third-order valence-electron chi connectivity index (χ3n) is 12.6. The standard InChI is InChI=1S/C41H41ClFN9O6/c42-30-13-27(4-1-23(30)18-44)58-26-5-2-24(3-6-26)47-37(54)32-19-46-35(20-45-32)50-11-9-49(10-12-50)25-16-41(17-25)21-51(22-41)34-15-29-28(14-31(34)43)39(56)52(40(29)57)33-7-8-36(53)48-38(33)55/h1,4,13-15,19-20,24-26,33H,2-3,5-12,16-17,21-22H2,(H,47,54)(H,48,53,55)/t24-,26-,33?. The van der Waals surface area contributed by atoms with E-state index in [-0.39, 0.29) is 58.8 Å². The van der Waals surface area contributed by atoms with Crippen molar-refractivity contribution in [1.82, 2.24) is 30.4 Å². The third-order valence-corrected chi connectivity index (χ3v) is 12.9. The summed E-state index contributed by atoms with van der Waals surface area (Å²) in [5.74, 6) is -2.00. The highest BCUT2D eigenvalue weighted by Crippen LogP contribution is 2.52. The molecule has 4 aliphatic heterocycles.